The van der Waals surface area contributed by atoms with Gasteiger partial charge in [-0.25, -0.2) is 9.37 Å². The molecule has 0 aliphatic rings. The molecule has 1 aromatic heterocycles. The van der Waals surface area contributed by atoms with Crippen LogP contribution < -0.4 is 16.8 Å². The van der Waals surface area contributed by atoms with Crippen LogP contribution in [-0.2, 0) is 6.54 Å². The van der Waals surface area contributed by atoms with Gasteiger partial charge in [-0.2, -0.15) is 0 Å². The van der Waals surface area contributed by atoms with Gasteiger partial charge in [-0.3, -0.25) is 4.79 Å². The van der Waals surface area contributed by atoms with Crippen LogP contribution in [0.4, 0.5) is 4.39 Å². The second-order valence-corrected chi connectivity index (χ2v) is 10.2. The fraction of sp³-hybridized carbons (Fsp3) is 0.212. The summed E-state index contributed by atoms with van der Waals surface area (Å²) in [5, 5.41) is 2.97. The van der Waals surface area contributed by atoms with E-state index in [1.165, 1.54) is 12.1 Å². The molecule has 1 atom stereocenters. The Kier molecular flexibility index (Phi) is 8.34. The summed E-state index contributed by atoms with van der Waals surface area (Å²) >= 11 is 0. The highest BCUT2D eigenvalue weighted by Crippen LogP contribution is 2.36. The smallest absolute Gasteiger partial charge is 0.287 e. The molecular weight excluding hydrogens is 501 g/mol. The maximum atomic E-state index is 13.8. The number of nitrogens with one attached hydrogen (secondary N) is 1. The molecule has 5 N–H and O–H groups in total. The van der Waals surface area contributed by atoms with E-state index in [4.69, 9.17) is 16.5 Å². The van der Waals surface area contributed by atoms with Crippen molar-refractivity contribution in [1.29, 1.82) is 0 Å². The molecule has 204 valence electrons. The lowest BCUT2D eigenvalue weighted by Gasteiger charge is -2.14. The summed E-state index contributed by atoms with van der Waals surface area (Å²) < 4.78 is 15.8. The zero-order valence-electron chi connectivity index (χ0n) is 22.6. The van der Waals surface area contributed by atoms with Crippen LogP contribution in [0.5, 0.6) is 0 Å². The lowest BCUT2D eigenvalue weighted by atomic mass is 9.93. The zero-order valence-corrected chi connectivity index (χ0v) is 22.6. The lowest BCUT2D eigenvalue weighted by molar-refractivity contribution is 0.0937. The van der Waals surface area contributed by atoms with Gasteiger partial charge in [-0.05, 0) is 78.4 Å². The standard InChI is InChI=1S/C33H34FN5O/c1-22-9-11-24(12-10-22)29-19-31-30(18-28(29)25-13-15-26(34)16-14-25)38-32(33(40)37-20-27(36)8-5-17-35)39(31)21-23-6-3-2-4-7-23/h2-4,6-7,9-16,18-19,27H,5,8,17,20-21,35-36H2,1H3,(H,37,40)/t27-/m0/s1. The summed E-state index contributed by atoms with van der Waals surface area (Å²) in [6.07, 6.45) is 1.54. The molecule has 7 heteroatoms. The molecular formula is C33H34FN5O. The van der Waals surface area contributed by atoms with Gasteiger partial charge in [0.15, 0.2) is 5.82 Å². The fourth-order valence-corrected chi connectivity index (χ4v) is 4.90. The number of aromatic nitrogens is 2. The number of carbonyl (C=O) groups is 1. The highest BCUT2D eigenvalue weighted by atomic mass is 19.1. The van der Waals surface area contributed by atoms with Gasteiger partial charge < -0.3 is 21.4 Å². The van der Waals surface area contributed by atoms with E-state index in [9.17, 15) is 9.18 Å². The number of benzene rings is 4. The molecule has 0 bridgehead atoms. The Morgan fingerprint density at radius 3 is 2.27 bits per heavy atom. The monoisotopic (exact) mass is 535 g/mol. The first kappa shape index (κ1) is 27.2. The number of hydrogen-bond acceptors (Lipinski definition) is 4. The molecule has 0 saturated heterocycles. The van der Waals surface area contributed by atoms with Crippen LogP contribution in [0.1, 0.15) is 34.6 Å². The van der Waals surface area contributed by atoms with E-state index in [2.05, 4.69) is 42.6 Å². The lowest BCUT2D eigenvalue weighted by Crippen LogP contribution is -2.38. The van der Waals surface area contributed by atoms with Crippen LogP contribution in [0.15, 0.2) is 91.0 Å². The van der Waals surface area contributed by atoms with Crippen LogP contribution in [0, 0.1) is 12.7 Å². The van der Waals surface area contributed by atoms with Crippen molar-refractivity contribution in [2.45, 2.75) is 32.4 Å². The van der Waals surface area contributed by atoms with Crippen molar-refractivity contribution in [3.63, 3.8) is 0 Å². The second kappa shape index (κ2) is 12.2. The minimum absolute atomic E-state index is 0.183. The van der Waals surface area contributed by atoms with Crippen molar-refractivity contribution in [2.75, 3.05) is 13.1 Å². The van der Waals surface area contributed by atoms with Crippen molar-refractivity contribution in [1.82, 2.24) is 14.9 Å². The number of amides is 1. The van der Waals surface area contributed by atoms with Gasteiger partial charge in [0.05, 0.1) is 11.0 Å². The zero-order chi connectivity index (χ0) is 28.1. The fourth-order valence-electron chi connectivity index (χ4n) is 4.90. The first-order valence-electron chi connectivity index (χ1n) is 13.6. The number of carbonyl (C=O) groups excluding carboxylic acids is 1. The minimum atomic E-state index is -0.294. The highest BCUT2D eigenvalue weighted by Gasteiger charge is 2.21. The van der Waals surface area contributed by atoms with Crippen LogP contribution in [0.3, 0.4) is 0 Å². The first-order valence-corrected chi connectivity index (χ1v) is 13.6. The normalized spacial score (nSPS) is 12.0. The molecule has 0 saturated carbocycles. The number of aryl methyl sites for hydroxylation is 1. The van der Waals surface area contributed by atoms with E-state index in [1.54, 1.807) is 12.1 Å². The van der Waals surface area contributed by atoms with Crippen molar-refractivity contribution in [3.05, 3.63) is 114 Å². The minimum Gasteiger partial charge on any atom is -0.348 e. The summed E-state index contributed by atoms with van der Waals surface area (Å²) in [6.45, 7) is 3.43. The van der Waals surface area contributed by atoms with Crippen molar-refractivity contribution >= 4 is 16.9 Å². The number of nitrogens with two attached hydrogens (primary N) is 2. The molecule has 0 unspecified atom stereocenters. The maximum absolute atomic E-state index is 13.8. The quantitative estimate of drug-likeness (QED) is 0.215. The van der Waals surface area contributed by atoms with Gasteiger partial charge in [0.25, 0.3) is 5.91 Å². The van der Waals surface area contributed by atoms with E-state index in [0.717, 1.165) is 51.7 Å². The van der Waals surface area contributed by atoms with E-state index in [-0.39, 0.29) is 17.8 Å². The van der Waals surface area contributed by atoms with Crippen LogP contribution in [-0.4, -0.2) is 34.6 Å². The molecule has 0 aliphatic heterocycles. The van der Waals surface area contributed by atoms with Gasteiger partial charge in [0.1, 0.15) is 5.82 Å². The number of hydrogen-bond donors (Lipinski definition) is 3. The summed E-state index contributed by atoms with van der Waals surface area (Å²) in [5.41, 5.74) is 19.3. The topological polar surface area (TPSA) is 99.0 Å². The molecule has 0 aliphatic carbocycles. The largest absolute Gasteiger partial charge is 0.348 e. The molecule has 0 radical (unpaired) electrons. The molecule has 6 nitrogen and oxygen atoms in total. The van der Waals surface area contributed by atoms with Crippen molar-refractivity contribution < 1.29 is 9.18 Å². The van der Waals surface area contributed by atoms with Crippen molar-refractivity contribution in [3.8, 4) is 22.3 Å². The van der Waals surface area contributed by atoms with E-state index < -0.39 is 0 Å². The molecule has 1 heterocycles. The summed E-state index contributed by atoms with van der Waals surface area (Å²) in [5.74, 6) is -0.260. The molecule has 4 aromatic carbocycles. The van der Waals surface area contributed by atoms with E-state index in [1.807, 2.05) is 41.0 Å². The predicted octanol–water partition coefficient (Wildman–Crippen LogP) is 5.66. The molecule has 5 aromatic rings. The number of nitrogens with zero attached hydrogens (tertiary/aromatic N) is 2. The Morgan fingerprint density at radius 2 is 1.60 bits per heavy atom. The number of fused-ring (bicyclic) bond motifs is 1. The molecule has 1 amide bonds. The number of imidazole rings is 1. The molecule has 40 heavy (non-hydrogen) atoms. The summed E-state index contributed by atoms with van der Waals surface area (Å²) in [7, 11) is 0. The van der Waals surface area contributed by atoms with Gasteiger partial charge in [0, 0.05) is 19.1 Å². The van der Waals surface area contributed by atoms with Crippen LogP contribution in [0.25, 0.3) is 33.3 Å². The summed E-state index contributed by atoms with van der Waals surface area (Å²) in [4.78, 5) is 18.3. The Bertz CT molecular complexity index is 1590. The molecule has 0 fully saturated rings. The van der Waals surface area contributed by atoms with Crippen molar-refractivity contribution in [2.24, 2.45) is 11.5 Å². The average molecular weight is 536 g/mol. The van der Waals surface area contributed by atoms with Crippen LogP contribution in [0.2, 0.25) is 0 Å². The number of halogens is 1. The van der Waals surface area contributed by atoms with Crippen LogP contribution >= 0.6 is 0 Å². The van der Waals surface area contributed by atoms with Gasteiger partial charge >= 0.3 is 0 Å². The van der Waals surface area contributed by atoms with E-state index >= 15 is 0 Å². The number of rotatable bonds is 10. The first-order chi connectivity index (χ1) is 19.4. The highest BCUT2D eigenvalue weighted by molar-refractivity contribution is 5.99. The summed E-state index contributed by atoms with van der Waals surface area (Å²) in [6, 6.07) is 28.6. The Labute approximate surface area is 233 Å². The third-order valence-electron chi connectivity index (χ3n) is 7.10. The third kappa shape index (κ3) is 6.11. The maximum Gasteiger partial charge on any atom is 0.287 e. The average Bonchev–Trinajstić information content (AvgIpc) is 3.32. The van der Waals surface area contributed by atoms with E-state index in [0.29, 0.717) is 31.0 Å². The Hall–Kier alpha value is -4.33. The SMILES string of the molecule is Cc1ccc(-c2cc3c(cc2-c2ccc(F)cc2)nc(C(=O)NC[C@@H](N)CCCN)n3Cc2ccccc2)cc1. The Morgan fingerprint density at radius 1 is 0.950 bits per heavy atom. The predicted molar refractivity (Wildman–Crippen MR) is 159 cm³/mol. The second-order valence-electron chi connectivity index (χ2n) is 10.2. The van der Waals surface area contributed by atoms with Gasteiger partial charge in [0.2, 0.25) is 0 Å². The van der Waals surface area contributed by atoms with Gasteiger partial charge in [-0.1, -0.05) is 72.3 Å². The van der Waals surface area contributed by atoms with Gasteiger partial charge in [-0.15, -0.1) is 0 Å². The third-order valence-corrected chi connectivity index (χ3v) is 7.10. The molecule has 0 spiro atoms. The molecule has 5 rings (SSSR count). The Balaban J connectivity index is 1.65.